The molecule has 0 aliphatic carbocycles. The van der Waals surface area contributed by atoms with Gasteiger partial charge in [0.05, 0.1) is 4.92 Å². The lowest BCUT2D eigenvalue weighted by Gasteiger charge is -2.22. The third kappa shape index (κ3) is 3.84. The highest BCUT2D eigenvalue weighted by molar-refractivity contribution is 5.95. The number of anilines is 1. The van der Waals surface area contributed by atoms with E-state index in [2.05, 4.69) is 16.8 Å². The van der Waals surface area contributed by atoms with E-state index < -0.39 is 4.92 Å². The van der Waals surface area contributed by atoms with Crippen LogP contribution in [0.25, 0.3) is 0 Å². The molecule has 0 unspecified atom stereocenters. The van der Waals surface area contributed by atoms with Gasteiger partial charge >= 0.3 is 0 Å². The van der Waals surface area contributed by atoms with Crippen LogP contribution in [-0.4, -0.2) is 30.5 Å². The molecular weight excluding hydrogens is 282 g/mol. The molecule has 1 amide bonds. The van der Waals surface area contributed by atoms with E-state index >= 15 is 0 Å². The summed E-state index contributed by atoms with van der Waals surface area (Å²) in [6.07, 6.45) is 5.97. The van der Waals surface area contributed by atoms with Crippen LogP contribution in [0.15, 0.2) is 30.9 Å². The summed E-state index contributed by atoms with van der Waals surface area (Å²) in [5.41, 5.74) is 0.896. The van der Waals surface area contributed by atoms with Crippen molar-refractivity contribution in [1.82, 2.24) is 5.32 Å². The molecule has 1 saturated heterocycles. The molecule has 118 valence electrons. The van der Waals surface area contributed by atoms with Gasteiger partial charge in [0, 0.05) is 31.3 Å². The van der Waals surface area contributed by atoms with Gasteiger partial charge in [0.25, 0.3) is 11.6 Å². The van der Waals surface area contributed by atoms with E-state index in [4.69, 9.17) is 0 Å². The maximum Gasteiger partial charge on any atom is 0.293 e. The van der Waals surface area contributed by atoms with E-state index in [1.165, 1.54) is 6.07 Å². The third-order valence-corrected chi connectivity index (χ3v) is 3.79. The van der Waals surface area contributed by atoms with Crippen molar-refractivity contribution in [2.75, 3.05) is 24.5 Å². The van der Waals surface area contributed by atoms with Crippen molar-refractivity contribution in [2.24, 2.45) is 0 Å². The molecular formula is C16H21N3O3. The van der Waals surface area contributed by atoms with Gasteiger partial charge in [-0.05, 0) is 25.0 Å². The molecule has 0 spiro atoms. The maximum absolute atomic E-state index is 11.9. The zero-order valence-electron chi connectivity index (χ0n) is 12.6. The quantitative estimate of drug-likeness (QED) is 0.515. The Morgan fingerprint density at radius 3 is 2.59 bits per heavy atom. The van der Waals surface area contributed by atoms with Gasteiger partial charge in [0.15, 0.2) is 0 Å². The lowest BCUT2D eigenvalue weighted by Crippen LogP contribution is -2.26. The molecule has 0 saturated carbocycles. The normalized spacial score (nSPS) is 15.0. The van der Waals surface area contributed by atoms with E-state index in [1.54, 1.807) is 18.2 Å². The van der Waals surface area contributed by atoms with Crippen LogP contribution in [0.3, 0.4) is 0 Å². The van der Waals surface area contributed by atoms with Crippen LogP contribution < -0.4 is 10.2 Å². The smallest absolute Gasteiger partial charge is 0.293 e. The van der Waals surface area contributed by atoms with Crippen LogP contribution in [0.2, 0.25) is 0 Å². The van der Waals surface area contributed by atoms with Gasteiger partial charge in [0.1, 0.15) is 5.69 Å². The lowest BCUT2D eigenvalue weighted by atomic mass is 10.1. The van der Waals surface area contributed by atoms with Crippen molar-refractivity contribution in [3.63, 3.8) is 0 Å². The van der Waals surface area contributed by atoms with Crippen molar-refractivity contribution in [2.45, 2.75) is 25.7 Å². The largest absolute Gasteiger partial charge is 0.366 e. The van der Waals surface area contributed by atoms with Crippen molar-refractivity contribution in [3.05, 3.63) is 46.5 Å². The maximum atomic E-state index is 11.9. The topological polar surface area (TPSA) is 75.5 Å². The fourth-order valence-electron chi connectivity index (χ4n) is 2.66. The molecule has 1 fully saturated rings. The number of nitro benzene ring substituents is 1. The van der Waals surface area contributed by atoms with E-state index in [0.29, 0.717) is 17.8 Å². The predicted octanol–water partition coefficient (Wildman–Crippen LogP) is 2.89. The van der Waals surface area contributed by atoms with Gasteiger partial charge in [-0.3, -0.25) is 14.9 Å². The van der Waals surface area contributed by atoms with E-state index in [1.807, 2.05) is 0 Å². The molecule has 6 nitrogen and oxygen atoms in total. The number of nitro groups is 1. The standard InChI is InChI=1S/C16H21N3O3/c1-2-9-17-16(20)13-7-8-14(15(12-13)19(21)22)18-10-5-3-4-6-11-18/h2,7-8,12H,1,3-6,9-11H2,(H,17,20). The molecule has 0 aromatic heterocycles. The van der Waals surface area contributed by atoms with Crippen LogP contribution in [0.1, 0.15) is 36.0 Å². The second-order valence-corrected chi connectivity index (χ2v) is 5.36. The first-order chi connectivity index (χ1) is 10.6. The van der Waals surface area contributed by atoms with Crippen LogP contribution in [0.5, 0.6) is 0 Å². The zero-order chi connectivity index (χ0) is 15.9. The molecule has 1 N–H and O–H groups in total. The van der Waals surface area contributed by atoms with Gasteiger partial charge in [-0.1, -0.05) is 18.9 Å². The number of rotatable bonds is 5. The number of benzene rings is 1. The number of amides is 1. The Morgan fingerprint density at radius 1 is 1.32 bits per heavy atom. The van der Waals surface area contributed by atoms with Gasteiger partial charge < -0.3 is 10.2 Å². The summed E-state index contributed by atoms with van der Waals surface area (Å²) < 4.78 is 0. The monoisotopic (exact) mass is 303 g/mol. The molecule has 6 heteroatoms. The van der Waals surface area contributed by atoms with Gasteiger partial charge in [-0.25, -0.2) is 0 Å². The van der Waals surface area contributed by atoms with Crippen molar-refractivity contribution >= 4 is 17.3 Å². The number of nitrogens with zero attached hydrogens (tertiary/aromatic N) is 2. The lowest BCUT2D eigenvalue weighted by molar-refractivity contribution is -0.384. The molecule has 1 heterocycles. The van der Waals surface area contributed by atoms with Crippen LogP contribution in [0.4, 0.5) is 11.4 Å². The molecule has 22 heavy (non-hydrogen) atoms. The van der Waals surface area contributed by atoms with Gasteiger partial charge in [0.2, 0.25) is 0 Å². The predicted molar refractivity (Wildman–Crippen MR) is 86.3 cm³/mol. The summed E-state index contributed by atoms with van der Waals surface area (Å²) in [4.78, 5) is 24.9. The fraction of sp³-hybridized carbons (Fsp3) is 0.438. The number of hydrogen-bond acceptors (Lipinski definition) is 4. The Labute approximate surface area is 130 Å². The first-order valence-electron chi connectivity index (χ1n) is 7.56. The summed E-state index contributed by atoms with van der Waals surface area (Å²) in [5, 5.41) is 14.0. The van der Waals surface area contributed by atoms with Crippen LogP contribution in [0, 0.1) is 10.1 Å². The first kappa shape index (κ1) is 16.0. The van der Waals surface area contributed by atoms with Gasteiger partial charge in [-0.2, -0.15) is 0 Å². The SMILES string of the molecule is C=CCNC(=O)c1ccc(N2CCCCCC2)c([N+](=O)[O-])c1. The molecule has 1 aliphatic heterocycles. The van der Waals surface area contributed by atoms with E-state index in [0.717, 1.165) is 38.8 Å². The molecule has 0 radical (unpaired) electrons. The number of carbonyl (C=O) groups is 1. The van der Waals surface area contributed by atoms with Crippen molar-refractivity contribution in [3.8, 4) is 0 Å². The highest BCUT2D eigenvalue weighted by Gasteiger charge is 2.22. The third-order valence-electron chi connectivity index (χ3n) is 3.79. The van der Waals surface area contributed by atoms with Gasteiger partial charge in [-0.15, -0.1) is 6.58 Å². The van der Waals surface area contributed by atoms with Crippen molar-refractivity contribution < 1.29 is 9.72 Å². The minimum absolute atomic E-state index is 0.00634. The van der Waals surface area contributed by atoms with Crippen LogP contribution >= 0.6 is 0 Å². The highest BCUT2D eigenvalue weighted by atomic mass is 16.6. The number of hydrogen-bond donors (Lipinski definition) is 1. The van der Waals surface area contributed by atoms with Crippen LogP contribution in [-0.2, 0) is 0 Å². The molecule has 2 rings (SSSR count). The van der Waals surface area contributed by atoms with E-state index in [9.17, 15) is 14.9 Å². The summed E-state index contributed by atoms with van der Waals surface area (Å²) in [6, 6.07) is 4.69. The zero-order valence-corrected chi connectivity index (χ0v) is 12.6. The average Bonchev–Trinajstić information content (AvgIpc) is 2.81. The molecule has 1 aromatic rings. The molecule has 0 bridgehead atoms. The highest BCUT2D eigenvalue weighted by Crippen LogP contribution is 2.31. The first-order valence-corrected chi connectivity index (χ1v) is 7.56. The van der Waals surface area contributed by atoms with E-state index in [-0.39, 0.29) is 11.6 Å². The second-order valence-electron chi connectivity index (χ2n) is 5.36. The average molecular weight is 303 g/mol. The summed E-state index contributed by atoms with van der Waals surface area (Å²) >= 11 is 0. The second kappa shape index (κ2) is 7.59. The Hall–Kier alpha value is -2.37. The molecule has 1 aliphatic rings. The summed E-state index contributed by atoms with van der Waals surface area (Å²) in [7, 11) is 0. The Kier molecular flexibility index (Phi) is 5.52. The minimum Gasteiger partial charge on any atom is -0.366 e. The number of carbonyl (C=O) groups excluding carboxylic acids is 1. The summed E-state index contributed by atoms with van der Waals surface area (Å²) in [6.45, 7) is 5.51. The Bertz CT molecular complexity index is 564. The fourth-order valence-corrected chi connectivity index (χ4v) is 2.66. The molecule has 0 atom stereocenters. The number of nitrogens with one attached hydrogen (secondary N) is 1. The Balaban J connectivity index is 2.28. The Morgan fingerprint density at radius 2 is 2.00 bits per heavy atom. The minimum atomic E-state index is -0.412. The summed E-state index contributed by atoms with van der Waals surface area (Å²) in [5.74, 6) is -0.328. The molecule has 1 aromatic carbocycles. The van der Waals surface area contributed by atoms with Crippen molar-refractivity contribution in [1.29, 1.82) is 0 Å².